The molecule has 29 valence electrons. The third-order valence-corrected chi connectivity index (χ3v) is 0. The molecule has 0 rings (SSSR count). The van der Waals surface area contributed by atoms with E-state index in [1.165, 1.54) is 0 Å². The second-order valence-electron chi connectivity index (χ2n) is 0.238. The summed E-state index contributed by atoms with van der Waals surface area (Å²) in [7, 11) is 0. The van der Waals surface area contributed by atoms with Gasteiger partial charge in [0.25, 0.3) is 0 Å². The van der Waals surface area contributed by atoms with Crippen molar-refractivity contribution in [2.45, 2.75) is 0 Å². The fourth-order valence-electron chi connectivity index (χ4n) is 0. The fourth-order valence-corrected chi connectivity index (χ4v) is 0. The van der Waals surface area contributed by atoms with E-state index in [0.29, 0.717) is 0 Å². The Balaban J connectivity index is -0.0000000150. The summed E-state index contributed by atoms with van der Waals surface area (Å²) in [4.78, 5) is 0. The molecule has 0 atom stereocenters. The minimum Gasteiger partial charge on any atom is 0 e. The molecule has 0 bridgehead atoms. The van der Waals surface area contributed by atoms with Crippen LogP contribution in [0.1, 0.15) is 1.43 Å². The molecule has 6 heavy (non-hydrogen) atoms. The standard InChI is InChI=1S/Li.H2O.2O.V.Y.H/h;1H2;;;;;/q+1;;;;+1;;-1/p-1. The molecule has 0 aliphatic heterocycles. The Kier molecular flexibility index (Phi) is 26.0. The van der Waals surface area contributed by atoms with Crippen LogP contribution >= 0.6 is 0 Å². The second kappa shape index (κ2) is 9.96. The summed E-state index contributed by atoms with van der Waals surface area (Å²) in [6.45, 7) is 0. The van der Waals surface area contributed by atoms with Crippen LogP contribution in [0, 0.1) is 0 Å². The molecule has 6 heteroatoms. The molecule has 1 radical (unpaired) electrons. The first-order chi connectivity index (χ1) is 1.73. The van der Waals surface area contributed by atoms with Crippen molar-refractivity contribution >= 4 is 0 Å². The summed E-state index contributed by atoms with van der Waals surface area (Å²) in [6.07, 6.45) is 0. The maximum absolute atomic E-state index is 8.67. The van der Waals surface area contributed by atoms with Gasteiger partial charge in [0.15, 0.2) is 0 Å². The minimum atomic E-state index is -3.69. The van der Waals surface area contributed by atoms with E-state index in [9.17, 15) is 0 Å². The molecule has 3 nitrogen and oxygen atoms in total. The van der Waals surface area contributed by atoms with Crippen LogP contribution in [-0.4, -0.2) is 4.03 Å². The van der Waals surface area contributed by atoms with Crippen LogP contribution in [0.15, 0.2) is 0 Å². The van der Waals surface area contributed by atoms with Gasteiger partial charge in [0.05, 0.1) is 0 Å². The molecule has 0 saturated carbocycles. The van der Waals surface area contributed by atoms with Crippen molar-refractivity contribution in [2.24, 2.45) is 0 Å². The Hall–Kier alpha value is 1.85. The molecule has 0 aromatic heterocycles. The molecule has 0 amide bonds. The number of hydrogen-bond donors (Lipinski definition) is 1. The molecular formula is H2LiO3VY. The van der Waals surface area contributed by atoms with Crippen molar-refractivity contribution < 1.29 is 79.8 Å². The van der Waals surface area contributed by atoms with E-state index in [1.807, 2.05) is 0 Å². The van der Waals surface area contributed by atoms with Gasteiger partial charge in [-0.15, -0.1) is 0 Å². The Morgan fingerprint density at radius 2 is 1.50 bits per heavy atom. The predicted molar refractivity (Wildman–Crippen MR) is 4.70 cm³/mol. The van der Waals surface area contributed by atoms with Crippen molar-refractivity contribution in [3.05, 3.63) is 0 Å². The topological polar surface area (TPSA) is 54.4 Å². The monoisotopic (exact) mass is 197 g/mol. The summed E-state index contributed by atoms with van der Waals surface area (Å²) in [5.41, 5.74) is 0. The van der Waals surface area contributed by atoms with Crippen molar-refractivity contribution in [1.29, 1.82) is 0 Å². The van der Waals surface area contributed by atoms with Gasteiger partial charge in [-0.05, 0) is 0 Å². The second-order valence-corrected chi connectivity index (χ2v) is 0.981. The molecule has 0 aliphatic carbocycles. The van der Waals surface area contributed by atoms with Gasteiger partial charge in [0.2, 0.25) is 0 Å². The molecule has 0 aliphatic rings. The van der Waals surface area contributed by atoms with E-state index in [0.717, 1.165) is 0 Å². The van der Waals surface area contributed by atoms with Crippen molar-refractivity contribution in [1.82, 2.24) is 0 Å². The van der Waals surface area contributed by atoms with Crippen LogP contribution in [0.2, 0.25) is 0 Å². The van der Waals surface area contributed by atoms with Gasteiger partial charge in [-0.25, -0.2) is 0 Å². The van der Waals surface area contributed by atoms with Crippen LogP contribution in [-0.2, 0) is 55.5 Å². The molecule has 1 N–H and O–H groups in total. The van der Waals surface area contributed by atoms with Crippen molar-refractivity contribution in [3.8, 4) is 0 Å². The van der Waals surface area contributed by atoms with Gasteiger partial charge in [-0.1, -0.05) is 0 Å². The summed E-state index contributed by atoms with van der Waals surface area (Å²) < 4.78 is 24.4. The Labute approximate surface area is 78.8 Å². The van der Waals surface area contributed by atoms with E-state index in [1.54, 1.807) is 0 Å². The van der Waals surface area contributed by atoms with Crippen LogP contribution in [0.5, 0.6) is 0 Å². The summed E-state index contributed by atoms with van der Waals surface area (Å²) >= 11 is -3.69. The number of rotatable bonds is 0. The molecule has 0 fully saturated rings. The summed E-state index contributed by atoms with van der Waals surface area (Å²) in [6, 6.07) is 0. The average Bonchev–Trinajstić information content (AvgIpc) is 0.811. The molecule has 0 unspecified atom stereocenters. The Morgan fingerprint density at radius 3 is 1.50 bits per heavy atom. The zero-order chi connectivity index (χ0) is 3.58. The fraction of sp³-hybridized carbons (Fsp3) is 0. The molecular weight excluding hydrogens is 195 g/mol. The molecule has 0 heterocycles. The van der Waals surface area contributed by atoms with E-state index in [4.69, 9.17) is 11.4 Å². The molecule has 0 aromatic rings. The Bertz CT molecular complexity index is 63.3. The smallest absolute Gasteiger partial charge is 0 e. The molecule has 0 aromatic carbocycles. The van der Waals surface area contributed by atoms with Gasteiger partial charge in [-0.3, -0.25) is 0 Å². The first-order valence-corrected chi connectivity index (χ1v) is 2.33. The maximum atomic E-state index is 8.67. The zero-order valence-corrected chi connectivity index (χ0v) is 7.52. The first kappa shape index (κ1) is 15.7. The number of hydrogen-bond acceptors (Lipinski definition) is 2. The molecule has 0 saturated heterocycles. The first-order valence-electron chi connectivity index (χ1n) is 0.565. The van der Waals surface area contributed by atoms with E-state index in [2.05, 4.69) is 0 Å². The van der Waals surface area contributed by atoms with Gasteiger partial charge in [0, 0.05) is 32.7 Å². The third-order valence-electron chi connectivity index (χ3n) is 0. The van der Waals surface area contributed by atoms with Crippen LogP contribution in [0.3, 0.4) is 0 Å². The van der Waals surface area contributed by atoms with Crippen molar-refractivity contribution in [3.63, 3.8) is 0 Å². The predicted octanol–water partition coefficient (Wildman–Crippen LogP) is -3.68. The van der Waals surface area contributed by atoms with Crippen LogP contribution in [0.25, 0.3) is 0 Å². The summed E-state index contributed by atoms with van der Waals surface area (Å²) in [5, 5.41) is 0. The van der Waals surface area contributed by atoms with Crippen LogP contribution in [0.4, 0.5) is 0 Å². The summed E-state index contributed by atoms with van der Waals surface area (Å²) in [5.74, 6) is 0. The largest absolute Gasteiger partial charge is 0 e. The Morgan fingerprint density at radius 1 is 1.50 bits per heavy atom. The van der Waals surface area contributed by atoms with Crippen molar-refractivity contribution in [2.75, 3.05) is 0 Å². The SMILES string of the molecule is [H-].[Li+].[O]=[V](=[O])[OH].[Y]. The van der Waals surface area contributed by atoms with Crippen LogP contribution < -0.4 is 18.9 Å². The average molecular weight is 197 g/mol. The molecule has 0 spiro atoms. The van der Waals surface area contributed by atoms with Gasteiger partial charge >= 0.3 is 45.6 Å². The minimum absolute atomic E-state index is 0. The third kappa shape index (κ3) is 40.3. The normalized spacial score (nSPS) is 4.17. The van der Waals surface area contributed by atoms with E-state index < -0.39 is 15.4 Å². The van der Waals surface area contributed by atoms with Gasteiger partial charge < -0.3 is 1.43 Å². The van der Waals surface area contributed by atoms with Gasteiger partial charge in [0.1, 0.15) is 0 Å². The zero-order valence-electron chi connectivity index (χ0n) is 4.29. The quantitative estimate of drug-likeness (QED) is 0.407. The van der Waals surface area contributed by atoms with Gasteiger partial charge in [-0.2, -0.15) is 0 Å². The van der Waals surface area contributed by atoms with E-state index in [-0.39, 0.29) is 53.0 Å². The van der Waals surface area contributed by atoms with E-state index >= 15 is 0 Å². The maximum Gasteiger partial charge on any atom is 0 e.